The lowest BCUT2D eigenvalue weighted by Gasteiger charge is -2.41. The fourth-order valence-corrected chi connectivity index (χ4v) is 2.63. The SMILES string of the molecule is CC1CCC(C)C(O)(c2cccnc2)C1. The molecule has 0 spiro atoms. The Morgan fingerprint density at radius 3 is 2.87 bits per heavy atom. The van der Waals surface area contributed by atoms with Crippen LogP contribution in [-0.2, 0) is 5.60 Å². The van der Waals surface area contributed by atoms with Crippen molar-refractivity contribution < 1.29 is 5.11 Å². The second-order valence-corrected chi connectivity index (χ2v) is 4.95. The summed E-state index contributed by atoms with van der Waals surface area (Å²) in [6, 6.07) is 3.89. The van der Waals surface area contributed by atoms with Crippen molar-refractivity contribution in [3.05, 3.63) is 30.1 Å². The first kappa shape index (κ1) is 10.6. The quantitative estimate of drug-likeness (QED) is 0.764. The van der Waals surface area contributed by atoms with E-state index in [1.54, 1.807) is 12.4 Å². The highest BCUT2D eigenvalue weighted by atomic mass is 16.3. The first-order valence-electron chi connectivity index (χ1n) is 5.76. The van der Waals surface area contributed by atoms with E-state index in [1.807, 2.05) is 12.1 Å². The van der Waals surface area contributed by atoms with E-state index in [-0.39, 0.29) is 0 Å². The van der Waals surface area contributed by atoms with Crippen molar-refractivity contribution in [2.75, 3.05) is 0 Å². The molecule has 15 heavy (non-hydrogen) atoms. The molecule has 0 saturated heterocycles. The normalized spacial score (nSPS) is 36.5. The van der Waals surface area contributed by atoms with E-state index in [9.17, 15) is 5.11 Å². The molecule has 3 unspecified atom stereocenters. The molecule has 82 valence electrons. The number of nitrogens with zero attached hydrogens (tertiary/aromatic N) is 1. The molecular formula is C13H19NO. The topological polar surface area (TPSA) is 33.1 Å². The van der Waals surface area contributed by atoms with Gasteiger partial charge in [0.25, 0.3) is 0 Å². The van der Waals surface area contributed by atoms with Gasteiger partial charge in [-0.1, -0.05) is 26.3 Å². The van der Waals surface area contributed by atoms with Gasteiger partial charge in [0.2, 0.25) is 0 Å². The third-order valence-electron chi connectivity index (χ3n) is 3.73. The van der Waals surface area contributed by atoms with Gasteiger partial charge < -0.3 is 5.11 Å². The molecule has 0 aliphatic heterocycles. The van der Waals surface area contributed by atoms with Crippen molar-refractivity contribution in [2.45, 2.75) is 38.7 Å². The van der Waals surface area contributed by atoms with Crippen LogP contribution >= 0.6 is 0 Å². The van der Waals surface area contributed by atoms with Gasteiger partial charge in [0.15, 0.2) is 0 Å². The number of pyridine rings is 1. The molecule has 2 nitrogen and oxygen atoms in total. The number of aromatic nitrogens is 1. The molecule has 0 amide bonds. The van der Waals surface area contributed by atoms with Crippen LogP contribution in [0.25, 0.3) is 0 Å². The zero-order valence-corrected chi connectivity index (χ0v) is 9.48. The first-order valence-corrected chi connectivity index (χ1v) is 5.76. The molecular weight excluding hydrogens is 186 g/mol. The summed E-state index contributed by atoms with van der Waals surface area (Å²) in [7, 11) is 0. The van der Waals surface area contributed by atoms with Gasteiger partial charge in [0.1, 0.15) is 0 Å². The van der Waals surface area contributed by atoms with Gasteiger partial charge in [-0.05, 0) is 30.7 Å². The van der Waals surface area contributed by atoms with Crippen LogP contribution in [0.1, 0.15) is 38.7 Å². The van der Waals surface area contributed by atoms with E-state index >= 15 is 0 Å². The maximum atomic E-state index is 10.7. The predicted molar refractivity (Wildman–Crippen MR) is 60.3 cm³/mol. The van der Waals surface area contributed by atoms with Crippen LogP contribution in [0, 0.1) is 11.8 Å². The van der Waals surface area contributed by atoms with Crippen molar-refractivity contribution in [1.82, 2.24) is 4.98 Å². The summed E-state index contributed by atoms with van der Waals surface area (Å²) < 4.78 is 0. The van der Waals surface area contributed by atoms with Crippen LogP contribution in [0.5, 0.6) is 0 Å². The first-order chi connectivity index (χ1) is 7.13. The van der Waals surface area contributed by atoms with Gasteiger partial charge in [-0.25, -0.2) is 0 Å². The van der Waals surface area contributed by atoms with E-state index in [4.69, 9.17) is 0 Å². The average Bonchev–Trinajstić information content (AvgIpc) is 2.25. The van der Waals surface area contributed by atoms with Gasteiger partial charge in [0.05, 0.1) is 5.60 Å². The Balaban J connectivity index is 2.31. The van der Waals surface area contributed by atoms with E-state index in [2.05, 4.69) is 18.8 Å². The van der Waals surface area contributed by atoms with Gasteiger partial charge in [0, 0.05) is 18.0 Å². The summed E-state index contributed by atoms with van der Waals surface area (Å²) in [6.07, 6.45) is 6.74. The van der Waals surface area contributed by atoms with E-state index in [0.29, 0.717) is 11.8 Å². The molecule has 1 fully saturated rings. The van der Waals surface area contributed by atoms with E-state index in [0.717, 1.165) is 18.4 Å². The number of rotatable bonds is 1. The highest BCUT2D eigenvalue weighted by Crippen LogP contribution is 2.43. The Bertz CT molecular complexity index is 325. The van der Waals surface area contributed by atoms with Crippen LogP contribution in [0.15, 0.2) is 24.5 Å². The van der Waals surface area contributed by atoms with Crippen molar-refractivity contribution in [3.63, 3.8) is 0 Å². The highest BCUT2D eigenvalue weighted by molar-refractivity contribution is 5.20. The molecule has 1 saturated carbocycles. The van der Waals surface area contributed by atoms with E-state index < -0.39 is 5.60 Å². The molecule has 0 radical (unpaired) electrons. The lowest BCUT2D eigenvalue weighted by atomic mass is 9.69. The Labute approximate surface area is 91.4 Å². The highest BCUT2D eigenvalue weighted by Gasteiger charge is 2.40. The van der Waals surface area contributed by atoms with E-state index in [1.165, 1.54) is 6.42 Å². The molecule has 1 N–H and O–H groups in total. The minimum Gasteiger partial charge on any atom is -0.385 e. The molecule has 1 aliphatic rings. The van der Waals surface area contributed by atoms with Crippen LogP contribution in [-0.4, -0.2) is 10.1 Å². The monoisotopic (exact) mass is 205 g/mol. The molecule has 0 bridgehead atoms. The zero-order valence-electron chi connectivity index (χ0n) is 9.48. The van der Waals surface area contributed by atoms with Crippen molar-refractivity contribution in [2.24, 2.45) is 11.8 Å². The molecule has 1 aliphatic carbocycles. The summed E-state index contributed by atoms with van der Waals surface area (Å²) in [5.41, 5.74) is 0.315. The number of aliphatic hydroxyl groups is 1. The molecule has 1 aromatic rings. The maximum absolute atomic E-state index is 10.7. The Hall–Kier alpha value is -0.890. The fraction of sp³-hybridized carbons (Fsp3) is 0.615. The molecule has 1 aromatic heterocycles. The second-order valence-electron chi connectivity index (χ2n) is 4.95. The Morgan fingerprint density at radius 2 is 2.20 bits per heavy atom. The average molecular weight is 205 g/mol. The summed E-state index contributed by atoms with van der Waals surface area (Å²) in [4.78, 5) is 4.10. The zero-order chi connectivity index (χ0) is 10.9. The number of hydrogen-bond donors (Lipinski definition) is 1. The summed E-state index contributed by atoms with van der Waals surface area (Å²) in [5.74, 6) is 0.935. The molecule has 1 heterocycles. The van der Waals surface area contributed by atoms with Crippen LogP contribution in [0.4, 0.5) is 0 Å². The van der Waals surface area contributed by atoms with Gasteiger partial charge >= 0.3 is 0 Å². The van der Waals surface area contributed by atoms with Crippen molar-refractivity contribution in [1.29, 1.82) is 0 Å². The molecule has 3 atom stereocenters. The van der Waals surface area contributed by atoms with Crippen LogP contribution in [0.3, 0.4) is 0 Å². The standard InChI is InChI=1S/C13H19NO/c1-10-5-6-11(2)13(15,8-10)12-4-3-7-14-9-12/h3-4,7,9-11,15H,5-6,8H2,1-2H3. The van der Waals surface area contributed by atoms with Crippen molar-refractivity contribution in [3.8, 4) is 0 Å². The fourth-order valence-electron chi connectivity index (χ4n) is 2.63. The summed E-state index contributed by atoms with van der Waals surface area (Å²) >= 11 is 0. The van der Waals surface area contributed by atoms with Gasteiger partial charge in [-0.3, -0.25) is 4.98 Å². The van der Waals surface area contributed by atoms with Crippen molar-refractivity contribution >= 4 is 0 Å². The Morgan fingerprint density at radius 1 is 1.40 bits per heavy atom. The third-order valence-corrected chi connectivity index (χ3v) is 3.73. The third kappa shape index (κ3) is 1.91. The second kappa shape index (κ2) is 3.93. The molecule has 2 heteroatoms. The largest absolute Gasteiger partial charge is 0.385 e. The minimum absolute atomic E-state index is 0.331. The lowest BCUT2D eigenvalue weighted by Crippen LogP contribution is -2.39. The smallest absolute Gasteiger partial charge is 0.0939 e. The van der Waals surface area contributed by atoms with Crippen LogP contribution in [0.2, 0.25) is 0 Å². The van der Waals surface area contributed by atoms with Gasteiger partial charge in [-0.2, -0.15) is 0 Å². The Kier molecular flexibility index (Phi) is 2.79. The molecule has 2 rings (SSSR count). The maximum Gasteiger partial charge on any atom is 0.0939 e. The summed E-state index contributed by atoms with van der Waals surface area (Å²) in [6.45, 7) is 4.35. The van der Waals surface area contributed by atoms with Gasteiger partial charge in [-0.15, -0.1) is 0 Å². The lowest BCUT2D eigenvalue weighted by molar-refractivity contribution is -0.0629. The van der Waals surface area contributed by atoms with Crippen LogP contribution < -0.4 is 0 Å². The predicted octanol–water partition coefficient (Wildman–Crippen LogP) is 2.73. The summed E-state index contributed by atoms with van der Waals surface area (Å²) in [5, 5.41) is 10.7. The number of hydrogen-bond acceptors (Lipinski definition) is 2. The minimum atomic E-state index is -0.661. The molecule has 0 aromatic carbocycles.